The van der Waals surface area contributed by atoms with Crippen LogP contribution in [0.15, 0.2) is 29.4 Å². The van der Waals surface area contributed by atoms with E-state index in [1.807, 2.05) is 42.7 Å². The number of carbonyl (C=O) groups excluding carboxylic acids is 1. The van der Waals surface area contributed by atoms with E-state index in [-0.39, 0.29) is 11.0 Å². The van der Waals surface area contributed by atoms with Gasteiger partial charge in [-0.1, -0.05) is 23.9 Å². The molecule has 0 N–H and O–H groups in total. The molecule has 0 saturated heterocycles. The maximum Gasteiger partial charge on any atom is 0.192 e. The number of Topliss-reactive ketones (excluding diaryl/α,β-unsaturated/α-hetero) is 1. The summed E-state index contributed by atoms with van der Waals surface area (Å²) in [5.74, 6) is 1.65. The first kappa shape index (κ1) is 15.6. The highest BCUT2D eigenvalue weighted by atomic mass is 32.2. The Morgan fingerprint density at radius 3 is 2.71 bits per heavy atom. The quantitative estimate of drug-likeness (QED) is 0.768. The molecule has 0 spiro atoms. The third-order valence-corrected chi connectivity index (χ3v) is 4.43. The number of rotatable bonds is 6. The Bertz CT molecular complexity index is 640. The number of carbonyl (C=O) groups is 1. The highest BCUT2D eigenvalue weighted by molar-refractivity contribution is 8.00. The minimum absolute atomic E-state index is 0.129. The van der Waals surface area contributed by atoms with Gasteiger partial charge in [0, 0.05) is 6.54 Å². The smallest absolute Gasteiger partial charge is 0.192 e. The van der Waals surface area contributed by atoms with Crippen molar-refractivity contribution in [1.82, 2.24) is 14.8 Å². The van der Waals surface area contributed by atoms with Gasteiger partial charge in [0.25, 0.3) is 0 Å². The lowest BCUT2D eigenvalue weighted by Crippen LogP contribution is -2.10. The van der Waals surface area contributed by atoms with Gasteiger partial charge in [-0.2, -0.15) is 0 Å². The number of benzene rings is 1. The molecule has 1 aromatic heterocycles. The predicted octanol–water partition coefficient (Wildman–Crippen LogP) is 3.04. The average molecular weight is 305 g/mol. The van der Waals surface area contributed by atoms with Crippen LogP contribution in [0, 0.1) is 0 Å². The van der Waals surface area contributed by atoms with E-state index >= 15 is 0 Å². The molecule has 1 heterocycles. The molecular formula is C15H19N3O2S. The van der Waals surface area contributed by atoms with E-state index in [0.717, 1.165) is 28.8 Å². The lowest BCUT2D eigenvalue weighted by molar-refractivity contribution is -0.116. The topological polar surface area (TPSA) is 57.0 Å². The van der Waals surface area contributed by atoms with E-state index in [9.17, 15) is 4.79 Å². The average Bonchev–Trinajstić information content (AvgIpc) is 2.89. The molecule has 2 rings (SSSR count). The van der Waals surface area contributed by atoms with Gasteiger partial charge in [0.2, 0.25) is 0 Å². The van der Waals surface area contributed by atoms with Crippen molar-refractivity contribution in [2.45, 2.75) is 37.7 Å². The van der Waals surface area contributed by atoms with Crippen LogP contribution in [0.3, 0.4) is 0 Å². The van der Waals surface area contributed by atoms with E-state index in [0.29, 0.717) is 0 Å². The zero-order valence-corrected chi connectivity index (χ0v) is 13.5. The van der Waals surface area contributed by atoms with Gasteiger partial charge in [0.1, 0.15) is 11.5 Å². The van der Waals surface area contributed by atoms with Gasteiger partial charge in [-0.3, -0.25) is 4.79 Å². The van der Waals surface area contributed by atoms with Crippen LogP contribution in [-0.4, -0.2) is 32.9 Å². The molecule has 0 aliphatic rings. The standard InChI is InChI=1S/C15H19N3O2S/c1-5-18-14(12-8-6-7-9-13(12)20-4)16-17-15(18)21-11(3)10(2)19/h6-9,11H,5H2,1-4H3. The third kappa shape index (κ3) is 3.26. The first-order chi connectivity index (χ1) is 10.1. The van der Waals surface area contributed by atoms with Crippen molar-refractivity contribution in [1.29, 1.82) is 0 Å². The molecule has 2 aromatic rings. The van der Waals surface area contributed by atoms with Crippen LogP contribution >= 0.6 is 11.8 Å². The summed E-state index contributed by atoms with van der Waals surface area (Å²) < 4.78 is 7.39. The third-order valence-electron chi connectivity index (χ3n) is 3.24. The molecule has 1 unspecified atom stereocenters. The van der Waals surface area contributed by atoms with Gasteiger partial charge in [-0.25, -0.2) is 0 Å². The van der Waals surface area contributed by atoms with Crippen molar-refractivity contribution in [3.05, 3.63) is 24.3 Å². The summed E-state index contributed by atoms with van der Waals surface area (Å²) in [6, 6.07) is 7.72. The van der Waals surface area contributed by atoms with Crippen LogP contribution < -0.4 is 4.74 Å². The number of methoxy groups -OCH3 is 1. The molecule has 0 amide bonds. The molecule has 112 valence electrons. The molecule has 0 aliphatic carbocycles. The fourth-order valence-electron chi connectivity index (χ4n) is 1.93. The fraction of sp³-hybridized carbons (Fsp3) is 0.400. The van der Waals surface area contributed by atoms with Crippen molar-refractivity contribution in [3.8, 4) is 17.1 Å². The second-order valence-corrected chi connectivity index (χ2v) is 5.93. The van der Waals surface area contributed by atoms with Crippen LogP contribution in [0.2, 0.25) is 0 Å². The number of ether oxygens (including phenoxy) is 1. The van der Waals surface area contributed by atoms with Crippen LogP contribution in [0.25, 0.3) is 11.4 Å². The molecule has 5 nitrogen and oxygen atoms in total. The lowest BCUT2D eigenvalue weighted by atomic mass is 10.2. The van der Waals surface area contributed by atoms with Crippen molar-refractivity contribution in [2.24, 2.45) is 0 Å². The summed E-state index contributed by atoms with van der Waals surface area (Å²) in [6.07, 6.45) is 0. The molecule has 1 atom stereocenters. The first-order valence-electron chi connectivity index (χ1n) is 6.82. The largest absolute Gasteiger partial charge is 0.496 e. The van der Waals surface area contributed by atoms with E-state index in [1.165, 1.54) is 11.8 Å². The summed E-state index contributed by atoms with van der Waals surface area (Å²) in [4.78, 5) is 11.4. The number of aromatic nitrogens is 3. The van der Waals surface area contributed by atoms with Gasteiger partial charge in [0.15, 0.2) is 11.0 Å². The number of hydrogen-bond acceptors (Lipinski definition) is 5. The predicted molar refractivity (Wildman–Crippen MR) is 83.7 cm³/mol. The van der Waals surface area contributed by atoms with Crippen molar-refractivity contribution < 1.29 is 9.53 Å². The Kier molecular flexibility index (Phi) is 5.01. The summed E-state index contributed by atoms with van der Waals surface area (Å²) >= 11 is 1.43. The highest BCUT2D eigenvalue weighted by Gasteiger charge is 2.19. The zero-order valence-electron chi connectivity index (χ0n) is 12.7. The Morgan fingerprint density at radius 2 is 2.10 bits per heavy atom. The van der Waals surface area contributed by atoms with Gasteiger partial charge in [-0.15, -0.1) is 10.2 Å². The molecular weight excluding hydrogens is 286 g/mol. The van der Waals surface area contributed by atoms with Crippen molar-refractivity contribution in [3.63, 3.8) is 0 Å². The molecule has 0 saturated carbocycles. The summed E-state index contributed by atoms with van der Waals surface area (Å²) in [5.41, 5.74) is 0.900. The SMILES string of the molecule is CCn1c(SC(C)C(C)=O)nnc1-c1ccccc1OC. The fourth-order valence-corrected chi connectivity index (χ4v) is 2.84. The van der Waals surface area contributed by atoms with E-state index in [4.69, 9.17) is 4.74 Å². The molecule has 0 bridgehead atoms. The van der Waals surface area contributed by atoms with Gasteiger partial charge in [-0.05, 0) is 32.9 Å². The Balaban J connectivity index is 2.42. The van der Waals surface area contributed by atoms with Crippen LogP contribution in [0.5, 0.6) is 5.75 Å². The zero-order chi connectivity index (χ0) is 15.4. The molecule has 21 heavy (non-hydrogen) atoms. The van der Waals surface area contributed by atoms with Crippen molar-refractivity contribution in [2.75, 3.05) is 7.11 Å². The second kappa shape index (κ2) is 6.76. The number of nitrogens with zero attached hydrogens (tertiary/aromatic N) is 3. The minimum Gasteiger partial charge on any atom is -0.496 e. The van der Waals surface area contributed by atoms with Crippen molar-refractivity contribution >= 4 is 17.5 Å². The number of ketones is 1. The van der Waals surface area contributed by atoms with Gasteiger partial charge < -0.3 is 9.30 Å². The Hall–Kier alpha value is -1.82. The summed E-state index contributed by atoms with van der Waals surface area (Å²) in [7, 11) is 1.64. The van der Waals surface area contributed by atoms with E-state index < -0.39 is 0 Å². The molecule has 0 fully saturated rings. The number of hydrogen-bond donors (Lipinski definition) is 0. The van der Waals surface area contributed by atoms with Crippen LogP contribution in [0.4, 0.5) is 0 Å². The maximum atomic E-state index is 11.4. The lowest BCUT2D eigenvalue weighted by Gasteiger charge is -2.11. The number of para-hydroxylation sites is 1. The van der Waals surface area contributed by atoms with Gasteiger partial charge in [0.05, 0.1) is 17.9 Å². The summed E-state index contributed by atoms with van der Waals surface area (Å²) in [5, 5.41) is 9.13. The van der Waals surface area contributed by atoms with E-state index in [2.05, 4.69) is 10.2 Å². The monoisotopic (exact) mass is 305 g/mol. The number of thioether (sulfide) groups is 1. The maximum absolute atomic E-state index is 11.4. The molecule has 6 heteroatoms. The minimum atomic E-state index is -0.134. The molecule has 1 aromatic carbocycles. The Morgan fingerprint density at radius 1 is 1.38 bits per heavy atom. The van der Waals surface area contributed by atoms with E-state index in [1.54, 1.807) is 14.0 Å². The van der Waals surface area contributed by atoms with Crippen LogP contribution in [0.1, 0.15) is 20.8 Å². The molecule has 0 radical (unpaired) electrons. The second-order valence-electron chi connectivity index (χ2n) is 4.62. The normalized spacial score (nSPS) is 12.2. The van der Waals surface area contributed by atoms with Crippen LogP contribution in [-0.2, 0) is 11.3 Å². The first-order valence-corrected chi connectivity index (χ1v) is 7.70. The molecule has 0 aliphatic heterocycles. The summed E-state index contributed by atoms with van der Waals surface area (Å²) in [6.45, 7) is 6.23. The van der Waals surface area contributed by atoms with Gasteiger partial charge >= 0.3 is 0 Å². The highest BCUT2D eigenvalue weighted by Crippen LogP contribution is 2.31. The Labute approximate surface area is 128 Å².